The lowest BCUT2D eigenvalue weighted by atomic mass is 10.1. The topological polar surface area (TPSA) is 67.2 Å². The van der Waals surface area contributed by atoms with Gasteiger partial charge < -0.3 is 4.98 Å². The number of aromatic nitrogens is 3. The van der Waals surface area contributed by atoms with Crippen molar-refractivity contribution in [3.05, 3.63) is 97.3 Å². The standard InChI is InChI=1S/C21H17N3O2/c1-13-8-10-15(11-9-13)12-17-20(25)22-19-18(16-6-4-3-5-7-16)14(2)23-24(19)21(17)26/h3-12H,1-2H3,(H,22,25)/b17-12+. The molecule has 2 heterocycles. The van der Waals surface area contributed by atoms with Crippen molar-refractivity contribution in [1.82, 2.24) is 14.6 Å². The van der Waals surface area contributed by atoms with Gasteiger partial charge in [-0.25, -0.2) is 0 Å². The SMILES string of the molecule is Cc1ccc(/C=c2\c(=O)[nH]c3c(-c4ccccc4)c(C)nn3c2=O)cc1. The summed E-state index contributed by atoms with van der Waals surface area (Å²) in [5.74, 6) is 0. The summed E-state index contributed by atoms with van der Waals surface area (Å²) in [6.45, 7) is 3.82. The molecule has 2 aromatic heterocycles. The van der Waals surface area contributed by atoms with Crippen molar-refractivity contribution in [1.29, 1.82) is 0 Å². The Morgan fingerprint density at radius 2 is 1.65 bits per heavy atom. The fourth-order valence-corrected chi connectivity index (χ4v) is 3.08. The number of hydrogen-bond donors (Lipinski definition) is 1. The molecule has 0 atom stereocenters. The highest BCUT2D eigenvalue weighted by Crippen LogP contribution is 2.25. The molecule has 5 nitrogen and oxygen atoms in total. The minimum atomic E-state index is -0.422. The molecule has 0 fully saturated rings. The third-order valence-electron chi connectivity index (χ3n) is 4.41. The quantitative estimate of drug-likeness (QED) is 0.607. The monoisotopic (exact) mass is 343 g/mol. The Bertz CT molecular complexity index is 1270. The van der Waals surface area contributed by atoms with Gasteiger partial charge in [0, 0.05) is 5.56 Å². The van der Waals surface area contributed by atoms with Crippen LogP contribution in [0, 0.1) is 13.8 Å². The first-order valence-corrected chi connectivity index (χ1v) is 8.34. The summed E-state index contributed by atoms with van der Waals surface area (Å²) < 4.78 is 1.28. The molecular formula is C21H17N3O2. The van der Waals surface area contributed by atoms with Gasteiger partial charge in [0.1, 0.15) is 10.9 Å². The summed E-state index contributed by atoms with van der Waals surface area (Å²) in [4.78, 5) is 28.3. The van der Waals surface area contributed by atoms with E-state index in [0.717, 1.165) is 22.3 Å². The Morgan fingerprint density at radius 3 is 2.35 bits per heavy atom. The Balaban J connectivity index is 2.01. The first kappa shape index (κ1) is 16.0. The fourth-order valence-electron chi connectivity index (χ4n) is 3.08. The summed E-state index contributed by atoms with van der Waals surface area (Å²) in [7, 11) is 0. The van der Waals surface area contributed by atoms with Crippen LogP contribution in [0.2, 0.25) is 0 Å². The summed E-state index contributed by atoms with van der Waals surface area (Å²) >= 11 is 0. The highest BCUT2D eigenvalue weighted by atomic mass is 16.1. The van der Waals surface area contributed by atoms with E-state index >= 15 is 0 Å². The summed E-state index contributed by atoms with van der Waals surface area (Å²) in [5, 5.41) is 4.43. The van der Waals surface area contributed by atoms with Crippen LogP contribution in [0.15, 0.2) is 64.2 Å². The third kappa shape index (κ3) is 2.63. The maximum Gasteiger partial charge on any atom is 0.285 e. The highest BCUT2D eigenvalue weighted by molar-refractivity contribution is 5.79. The molecule has 0 bridgehead atoms. The number of nitrogens with one attached hydrogen (secondary N) is 1. The van der Waals surface area contributed by atoms with E-state index < -0.39 is 11.1 Å². The van der Waals surface area contributed by atoms with Crippen molar-refractivity contribution in [2.24, 2.45) is 0 Å². The molecule has 26 heavy (non-hydrogen) atoms. The number of aromatic amines is 1. The van der Waals surface area contributed by atoms with Crippen molar-refractivity contribution < 1.29 is 0 Å². The number of rotatable bonds is 2. The lowest BCUT2D eigenvalue weighted by Gasteiger charge is -2.00. The van der Waals surface area contributed by atoms with Crippen molar-refractivity contribution >= 4 is 11.7 Å². The minimum Gasteiger partial charge on any atom is -0.306 e. The average Bonchev–Trinajstić information content (AvgIpc) is 2.97. The largest absolute Gasteiger partial charge is 0.306 e. The Hall–Kier alpha value is -3.47. The maximum absolute atomic E-state index is 12.9. The van der Waals surface area contributed by atoms with E-state index in [2.05, 4.69) is 10.1 Å². The number of fused-ring (bicyclic) bond motifs is 1. The van der Waals surface area contributed by atoms with Crippen LogP contribution in [0.5, 0.6) is 0 Å². The first-order chi connectivity index (χ1) is 12.5. The maximum atomic E-state index is 12.9. The molecule has 1 N–H and O–H groups in total. The molecule has 0 saturated heterocycles. The van der Waals surface area contributed by atoms with E-state index in [1.54, 1.807) is 6.08 Å². The summed E-state index contributed by atoms with van der Waals surface area (Å²) in [6, 6.07) is 17.2. The Morgan fingerprint density at radius 1 is 0.962 bits per heavy atom. The number of H-pyrrole nitrogens is 1. The summed E-state index contributed by atoms with van der Waals surface area (Å²) in [6.07, 6.45) is 1.60. The fraction of sp³-hybridized carbons (Fsp3) is 0.0952. The second kappa shape index (κ2) is 6.11. The van der Waals surface area contributed by atoms with Gasteiger partial charge in [-0.1, -0.05) is 60.2 Å². The predicted octanol–water partition coefficient (Wildman–Crippen LogP) is 2.21. The number of hydrogen-bond acceptors (Lipinski definition) is 3. The minimum absolute atomic E-state index is 0.0727. The van der Waals surface area contributed by atoms with E-state index in [-0.39, 0.29) is 5.22 Å². The van der Waals surface area contributed by atoms with Crippen LogP contribution < -0.4 is 16.3 Å². The van der Waals surface area contributed by atoms with Gasteiger partial charge in [0.05, 0.1) is 5.69 Å². The molecule has 128 valence electrons. The second-order valence-electron chi connectivity index (χ2n) is 6.31. The number of aryl methyl sites for hydroxylation is 2. The van der Waals surface area contributed by atoms with Crippen LogP contribution in [-0.2, 0) is 0 Å². The van der Waals surface area contributed by atoms with Gasteiger partial charge in [-0.15, -0.1) is 0 Å². The zero-order valence-electron chi connectivity index (χ0n) is 14.5. The van der Waals surface area contributed by atoms with Crippen LogP contribution in [-0.4, -0.2) is 14.6 Å². The van der Waals surface area contributed by atoms with Crippen LogP contribution in [0.1, 0.15) is 16.8 Å². The van der Waals surface area contributed by atoms with Gasteiger partial charge in [0.15, 0.2) is 0 Å². The molecule has 0 amide bonds. The van der Waals surface area contributed by atoms with Gasteiger partial charge in [0.25, 0.3) is 11.1 Å². The van der Waals surface area contributed by atoms with E-state index in [1.165, 1.54) is 4.52 Å². The molecule has 0 unspecified atom stereocenters. The van der Waals surface area contributed by atoms with E-state index in [4.69, 9.17) is 0 Å². The number of nitrogens with zero attached hydrogens (tertiary/aromatic N) is 2. The number of benzene rings is 2. The third-order valence-corrected chi connectivity index (χ3v) is 4.41. The predicted molar refractivity (Wildman–Crippen MR) is 102 cm³/mol. The smallest absolute Gasteiger partial charge is 0.285 e. The van der Waals surface area contributed by atoms with Gasteiger partial charge in [-0.2, -0.15) is 9.61 Å². The lowest BCUT2D eigenvalue weighted by molar-refractivity contribution is 0.863. The van der Waals surface area contributed by atoms with E-state index in [9.17, 15) is 9.59 Å². The van der Waals surface area contributed by atoms with Gasteiger partial charge in [-0.3, -0.25) is 9.59 Å². The molecule has 5 heteroatoms. The molecule has 0 aliphatic rings. The highest BCUT2D eigenvalue weighted by Gasteiger charge is 2.15. The van der Waals surface area contributed by atoms with Crippen molar-refractivity contribution in [3.8, 4) is 11.1 Å². The molecule has 0 radical (unpaired) electrons. The molecule has 2 aromatic carbocycles. The van der Waals surface area contributed by atoms with Crippen LogP contribution >= 0.6 is 0 Å². The molecule has 0 spiro atoms. The summed E-state index contributed by atoms with van der Waals surface area (Å²) in [5.41, 5.74) is 3.86. The second-order valence-corrected chi connectivity index (χ2v) is 6.31. The van der Waals surface area contributed by atoms with Crippen LogP contribution in [0.3, 0.4) is 0 Å². The van der Waals surface area contributed by atoms with Crippen molar-refractivity contribution in [2.45, 2.75) is 13.8 Å². The van der Waals surface area contributed by atoms with Gasteiger partial charge in [0.2, 0.25) is 0 Å². The lowest BCUT2D eigenvalue weighted by Crippen LogP contribution is -2.44. The molecule has 0 aliphatic heterocycles. The first-order valence-electron chi connectivity index (χ1n) is 8.34. The molecule has 0 aliphatic carbocycles. The van der Waals surface area contributed by atoms with Gasteiger partial charge >= 0.3 is 0 Å². The Labute approximate surface area is 149 Å². The zero-order valence-corrected chi connectivity index (χ0v) is 14.5. The van der Waals surface area contributed by atoms with Crippen LogP contribution in [0.25, 0.3) is 22.9 Å². The van der Waals surface area contributed by atoms with Gasteiger partial charge in [-0.05, 0) is 31.1 Å². The molecular weight excluding hydrogens is 326 g/mol. The van der Waals surface area contributed by atoms with Crippen molar-refractivity contribution in [2.75, 3.05) is 0 Å². The molecule has 4 aromatic rings. The van der Waals surface area contributed by atoms with E-state index in [0.29, 0.717) is 11.3 Å². The van der Waals surface area contributed by atoms with Crippen LogP contribution in [0.4, 0.5) is 0 Å². The molecule has 0 saturated carbocycles. The van der Waals surface area contributed by atoms with Crippen molar-refractivity contribution in [3.63, 3.8) is 0 Å². The Kier molecular flexibility index (Phi) is 3.77. The zero-order chi connectivity index (χ0) is 18.3. The molecule has 4 rings (SSSR count). The average molecular weight is 343 g/mol. The van der Waals surface area contributed by atoms with E-state index in [1.807, 2.05) is 68.4 Å². The normalized spacial score (nSPS) is 12.0.